The summed E-state index contributed by atoms with van der Waals surface area (Å²) in [6, 6.07) is 9.51. The van der Waals surface area contributed by atoms with E-state index in [1.165, 1.54) is 26.0 Å². The summed E-state index contributed by atoms with van der Waals surface area (Å²) in [5, 5.41) is 1.04. The molecule has 3 nitrogen and oxygen atoms in total. The number of aromatic nitrogens is 1. The molecule has 178 valence electrons. The highest BCUT2D eigenvalue weighted by molar-refractivity contribution is 5.85. The molecule has 0 radical (unpaired) electrons. The van der Waals surface area contributed by atoms with E-state index in [1.807, 2.05) is 49.9 Å². The minimum Gasteiger partial charge on any atom is -0.490 e. The fraction of sp³-hybridized carbons (Fsp3) is 0.481. The van der Waals surface area contributed by atoms with Gasteiger partial charge in [-0.3, -0.25) is 4.90 Å². The molecule has 0 saturated carbocycles. The maximum Gasteiger partial charge on any atom is 0.135 e. The van der Waals surface area contributed by atoms with Crippen molar-refractivity contribution in [1.82, 2.24) is 9.88 Å². The summed E-state index contributed by atoms with van der Waals surface area (Å²) in [6.45, 7) is 9.00. The van der Waals surface area contributed by atoms with Gasteiger partial charge in [-0.05, 0) is 51.7 Å². The fourth-order valence-corrected chi connectivity index (χ4v) is 5.04. The highest BCUT2D eigenvalue weighted by atomic mass is 19.1. The Hall–Kier alpha value is -2.47. The zero-order valence-corrected chi connectivity index (χ0v) is 20.0. The Balaban J connectivity index is 1.87. The first-order valence-electron chi connectivity index (χ1n) is 11.8. The molecular weight excluding hydrogens is 425 g/mol. The monoisotopic (exact) mass is 458 g/mol. The number of para-hydroxylation sites is 1. The van der Waals surface area contributed by atoms with Crippen molar-refractivity contribution in [3.63, 3.8) is 0 Å². The molecule has 0 amide bonds. The summed E-state index contributed by atoms with van der Waals surface area (Å²) in [5.74, 6) is -1.18. The van der Waals surface area contributed by atoms with Crippen LogP contribution in [0, 0.1) is 11.6 Å². The molecule has 1 aliphatic rings. The molecule has 2 heterocycles. The van der Waals surface area contributed by atoms with Gasteiger partial charge < -0.3 is 9.72 Å². The molecule has 2 aromatic carbocycles. The number of hydrogen-bond acceptors (Lipinski definition) is 2. The van der Waals surface area contributed by atoms with Crippen LogP contribution in [0.3, 0.4) is 0 Å². The van der Waals surface area contributed by atoms with Crippen LogP contribution in [0.5, 0.6) is 5.75 Å². The molecule has 1 aromatic heterocycles. The highest BCUT2D eigenvalue weighted by Gasteiger charge is 2.41. The van der Waals surface area contributed by atoms with Crippen LogP contribution in [0.1, 0.15) is 70.3 Å². The van der Waals surface area contributed by atoms with E-state index >= 15 is 8.78 Å². The van der Waals surface area contributed by atoms with Crippen LogP contribution in [0.2, 0.25) is 0 Å². The van der Waals surface area contributed by atoms with Gasteiger partial charge in [0.05, 0.1) is 12.1 Å². The van der Waals surface area contributed by atoms with Gasteiger partial charge in [0.15, 0.2) is 0 Å². The Labute approximate surface area is 193 Å². The van der Waals surface area contributed by atoms with E-state index in [0.29, 0.717) is 6.42 Å². The van der Waals surface area contributed by atoms with E-state index in [4.69, 9.17) is 4.74 Å². The lowest BCUT2D eigenvalue weighted by atomic mass is 9.87. The molecule has 2 atom stereocenters. The average molecular weight is 459 g/mol. The van der Waals surface area contributed by atoms with Crippen LogP contribution in [0.15, 0.2) is 36.4 Å². The molecule has 4 rings (SSSR count). The van der Waals surface area contributed by atoms with Crippen LogP contribution >= 0.6 is 0 Å². The van der Waals surface area contributed by atoms with Crippen molar-refractivity contribution in [2.45, 2.75) is 77.7 Å². The first kappa shape index (κ1) is 23.7. The number of aromatic amines is 1. The number of nitrogens with one attached hydrogen (secondary N) is 1. The Bertz CT molecular complexity index is 1110. The zero-order chi connectivity index (χ0) is 23.9. The molecule has 0 fully saturated rings. The average Bonchev–Trinajstić information content (AvgIpc) is 3.10. The van der Waals surface area contributed by atoms with Crippen LogP contribution in [-0.2, 0) is 6.42 Å². The summed E-state index contributed by atoms with van der Waals surface area (Å²) in [4.78, 5) is 5.27. The number of hydrogen-bond donors (Lipinski definition) is 1. The Kier molecular flexibility index (Phi) is 6.50. The van der Waals surface area contributed by atoms with Gasteiger partial charge in [-0.2, -0.15) is 0 Å². The van der Waals surface area contributed by atoms with Gasteiger partial charge >= 0.3 is 0 Å². The molecule has 0 saturated heterocycles. The van der Waals surface area contributed by atoms with Crippen molar-refractivity contribution in [2.24, 2.45) is 0 Å². The van der Waals surface area contributed by atoms with Gasteiger partial charge in [0, 0.05) is 46.9 Å². The fourth-order valence-electron chi connectivity index (χ4n) is 5.04. The second kappa shape index (κ2) is 9.05. The van der Waals surface area contributed by atoms with E-state index in [1.54, 1.807) is 0 Å². The molecule has 0 unspecified atom stereocenters. The Morgan fingerprint density at radius 2 is 1.76 bits per heavy atom. The number of benzene rings is 2. The predicted octanol–water partition coefficient (Wildman–Crippen LogP) is 7.10. The summed E-state index contributed by atoms with van der Waals surface area (Å²) in [5.41, 5.74) is 1.07. The minimum absolute atomic E-state index is 0.0541. The van der Waals surface area contributed by atoms with Crippen molar-refractivity contribution < 1.29 is 17.9 Å². The Morgan fingerprint density at radius 3 is 2.36 bits per heavy atom. The van der Waals surface area contributed by atoms with Crippen molar-refractivity contribution in [2.75, 3.05) is 6.54 Å². The summed E-state index contributed by atoms with van der Waals surface area (Å²) >= 11 is 0. The minimum atomic E-state index is -1.53. The predicted molar refractivity (Wildman–Crippen MR) is 127 cm³/mol. The first-order chi connectivity index (χ1) is 15.6. The molecule has 0 bridgehead atoms. The SMILES string of the molecule is CCC(CC)Oc1cc(F)c([C@@H]2c3[nH]c4ccccc4c3C[C@@H](C)N2CC(C)(C)F)c(F)c1. The van der Waals surface area contributed by atoms with Crippen molar-refractivity contribution in [3.8, 4) is 5.75 Å². The second-order valence-corrected chi connectivity index (χ2v) is 9.77. The molecule has 3 aromatic rings. The smallest absolute Gasteiger partial charge is 0.135 e. The normalized spacial score (nSPS) is 19.3. The lowest BCUT2D eigenvalue weighted by Crippen LogP contribution is -2.48. The lowest BCUT2D eigenvalue weighted by molar-refractivity contribution is 0.0641. The van der Waals surface area contributed by atoms with Gasteiger partial charge in [0.1, 0.15) is 23.1 Å². The maximum absolute atomic E-state index is 15.6. The number of alkyl halides is 1. The van der Waals surface area contributed by atoms with Crippen molar-refractivity contribution >= 4 is 10.9 Å². The third-order valence-electron chi connectivity index (χ3n) is 6.62. The Morgan fingerprint density at radius 1 is 1.12 bits per heavy atom. The molecule has 0 spiro atoms. The van der Waals surface area contributed by atoms with Crippen LogP contribution in [0.25, 0.3) is 10.9 Å². The highest BCUT2D eigenvalue weighted by Crippen LogP contribution is 2.43. The van der Waals surface area contributed by atoms with E-state index in [9.17, 15) is 4.39 Å². The third-order valence-corrected chi connectivity index (χ3v) is 6.62. The van der Waals surface area contributed by atoms with E-state index in [-0.39, 0.29) is 30.0 Å². The number of nitrogens with zero attached hydrogens (tertiary/aromatic N) is 1. The standard InChI is InChI=1S/C27H33F3N2O/c1-6-17(7-2)33-18-13-21(28)24(22(29)14-18)26-25-20(19-10-8-9-11-23(19)31-25)12-16(3)32(26)15-27(4,5)30/h8-11,13-14,16-17,26,31H,6-7,12,15H2,1-5H3/t16-,26-/m1/s1. The molecule has 6 heteroatoms. The number of fused-ring (bicyclic) bond motifs is 3. The summed E-state index contributed by atoms with van der Waals surface area (Å²) < 4.78 is 51.8. The van der Waals surface area contributed by atoms with Crippen molar-refractivity contribution in [1.29, 1.82) is 0 Å². The topological polar surface area (TPSA) is 28.3 Å². The first-order valence-corrected chi connectivity index (χ1v) is 11.8. The largest absolute Gasteiger partial charge is 0.490 e. The number of halogens is 3. The maximum atomic E-state index is 15.6. The van der Waals surface area contributed by atoms with Gasteiger partial charge in [0.25, 0.3) is 0 Å². The van der Waals surface area contributed by atoms with Gasteiger partial charge in [0.2, 0.25) is 0 Å². The third kappa shape index (κ3) is 4.63. The zero-order valence-electron chi connectivity index (χ0n) is 20.0. The molecule has 1 N–H and O–H groups in total. The van der Waals surface area contributed by atoms with Gasteiger partial charge in [-0.15, -0.1) is 0 Å². The van der Waals surface area contributed by atoms with Crippen LogP contribution < -0.4 is 4.74 Å². The lowest BCUT2D eigenvalue weighted by Gasteiger charge is -2.43. The molecule has 0 aliphatic carbocycles. The molecule has 1 aliphatic heterocycles. The molecular formula is C27H33F3N2O. The van der Waals surface area contributed by atoms with E-state index in [0.717, 1.165) is 35.0 Å². The van der Waals surface area contributed by atoms with Crippen LogP contribution in [0.4, 0.5) is 13.2 Å². The second-order valence-electron chi connectivity index (χ2n) is 9.77. The number of rotatable bonds is 7. The number of ether oxygens (including phenoxy) is 1. The van der Waals surface area contributed by atoms with E-state index in [2.05, 4.69) is 4.98 Å². The van der Waals surface area contributed by atoms with Gasteiger partial charge in [-0.25, -0.2) is 13.2 Å². The quantitative estimate of drug-likeness (QED) is 0.409. The summed E-state index contributed by atoms with van der Waals surface area (Å²) in [6.07, 6.45) is 2.07. The number of H-pyrrole nitrogens is 1. The van der Waals surface area contributed by atoms with Gasteiger partial charge in [-0.1, -0.05) is 32.0 Å². The van der Waals surface area contributed by atoms with E-state index < -0.39 is 23.3 Å². The van der Waals surface area contributed by atoms with Crippen LogP contribution in [-0.4, -0.2) is 34.2 Å². The summed E-state index contributed by atoms with van der Waals surface area (Å²) in [7, 11) is 0. The van der Waals surface area contributed by atoms with Crippen molar-refractivity contribution in [3.05, 3.63) is 64.9 Å². The molecule has 33 heavy (non-hydrogen) atoms.